The summed E-state index contributed by atoms with van der Waals surface area (Å²) in [4.78, 5) is 2.38. The van der Waals surface area contributed by atoms with Crippen molar-refractivity contribution in [3.63, 3.8) is 0 Å². The second kappa shape index (κ2) is 15.1. The zero-order chi connectivity index (χ0) is 39.8. The third-order valence-electron chi connectivity index (χ3n) is 11.8. The molecule has 2 nitrogen and oxygen atoms in total. The highest BCUT2D eigenvalue weighted by Crippen LogP contribution is 2.44. The molecule has 11 rings (SSSR count). The Balaban J connectivity index is 1.08. The van der Waals surface area contributed by atoms with Gasteiger partial charge in [-0.2, -0.15) is 0 Å². The van der Waals surface area contributed by atoms with Crippen molar-refractivity contribution in [3.8, 4) is 50.2 Å². The Morgan fingerprint density at radius 1 is 0.300 bits per heavy atom. The third-order valence-corrected chi connectivity index (χ3v) is 11.8. The van der Waals surface area contributed by atoms with E-state index in [9.17, 15) is 0 Å². The van der Waals surface area contributed by atoms with Crippen molar-refractivity contribution in [1.82, 2.24) is 4.57 Å². The van der Waals surface area contributed by atoms with E-state index in [1.54, 1.807) is 0 Å². The lowest BCUT2D eigenvalue weighted by molar-refractivity contribution is 1.18. The van der Waals surface area contributed by atoms with Crippen molar-refractivity contribution in [2.75, 3.05) is 4.90 Å². The number of rotatable bonds is 8. The van der Waals surface area contributed by atoms with Crippen LogP contribution in [0.3, 0.4) is 0 Å². The number of hydrogen-bond acceptors (Lipinski definition) is 1. The molecule has 282 valence electrons. The minimum absolute atomic E-state index is 1.09. The van der Waals surface area contributed by atoms with Gasteiger partial charge in [-0.15, -0.1) is 0 Å². The minimum Gasteiger partial charge on any atom is -0.310 e. The van der Waals surface area contributed by atoms with E-state index < -0.39 is 0 Å². The second-order valence-electron chi connectivity index (χ2n) is 15.3. The van der Waals surface area contributed by atoms with Gasteiger partial charge in [-0.1, -0.05) is 188 Å². The van der Waals surface area contributed by atoms with Crippen LogP contribution in [0.2, 0.25) is 0 Å². The maximum Gasteiger partial charge on any atom is 0.0619 e. The predicted octanol–water partition coefficient (Wildman–Crippen LogP) is 16.1. The number of nitrogens with zero attached hydrogens (tertiary/aromatic N) is 2. The molecule has 0 aliphatic rings. The molecule has 1 aromatic heterocycles. The standard InChI is InChI=1S/C58H40N2/c1-4-16-41(17-5-1)42-32-36-48(37-33-42)59(49-38-34-45(35-39-49)52-27-13-21-43-20-10-11-26-51(43)52)50-25-12-22-46(40-50)53-28-15-31-56-57(53)55-30-14-29-54(44-18-6-2-7-19-44)58(55)60(56)47-23-8-3-9-24-47/h1-40H. The number of fused-ring (bicyclic) bond motifs is 4. The summed E-state index contributed by atoms with van der Waals surface area (Å²) in [5.74, 6) is 0. The van der Waals surface area contributed by atoms with Gasteiger partial charge in [-0.05, 0) is 104 Å². The first-order valence-electron chi connectivity index (χ1n) is 20.6. The lowest BCUT2D eigenvalue weighted by atomic mass is 9.96. The van der Waals surface area contributed by atoms with Gasteiger partial charge >= 0.3 is 0 Å². The van der Waals surface area contributed by atoms with Crippen LogP contribution in [0.5, 0.6) is 0 Å². The molecular weight excluding hydrogens is 725 g/mol. The predicted molar refractivity (Wildman–Crippen MR) is 255 cm³/mol. The summed E-state index contributed by atoms with van der Waals surface area (Å²) in [6.07, 6.45) is 0. The van der Waals surface area contributed by atoms with Crippen LogP contribution in [0.15, 0.2) is 243 Å². The van der Waals surface area contributed by atoms with Crippen molar-refractivity contribution in [2.45, 2.75) is 0 Å². The van der Waals surface area contributed by atoms with Gasteiger partial charge in [0.1, 0.15) is 0 Å². The molecule has 0 saturated carbocycles. The molecule has 0 aliphatic carbocycles. The van der Waals surface area contributed by atoms with Crippen molar-refractivity contribution >= 4 is 49.6 Å². The average molecular weight is 765 g/mol. The molecule has 0 atom stereocenters. The number of benzene rings is 10. The summed E-state index contributed by atoms with van der Waals surface area (Å²) >= 11 is 0. The molecule has 60 heavy (non-hydrogen) atoms. The van der Waals surface area contributed by atoms with Crippen molar-refractivity contribution in [3.05, 3.63) is 243 Å². The van der Waals surface area contributed by atoms with E-state index in [2.05, 4.69) is 252 Å². The maximum atomic E-state index is 2.44. The highest BCUT2D eigenvalue weighted by molar-refractivity contribution is 6.19. The van der Waals surface area contributed by atoms with Crippen molar-refractivity contribution in [1.29, 1.82) is 0 Å². The summed E-state index contributed by atoms with van der Waals surface area (Å²) in [6, 6.07) is 87.8. The van der Waals surface area contributed by atoms with E-state index in [0.29, 0.717) is 0 Å². The van der Waals surface area contributed by atoms with E-state index in [0.717, 1.165) is 28.3 Å². The summed E-state index contributed by atoms with van der Waals surface area (Å²) in [6.45, 7) is 0. The Hall–Kier alpha value is -7.94. The molecule has 0 spiro atoms. The van der Waals surface area contributed by atoms with Gasteiger partial charge in [0.15, 0.2) is 0 Å². The summed E-state index contributed by atoms with van der Waals surface area (Å²) < 4.78 is 2.44. The van der Waals surface area contributed by atoms with Crippen molar-refractivity contribution in [2.24, 2.45) is 0 Å². The minimum atomic E-state index is 1.09. The molecule has 0 radical (unpaired) electrons. The number of aromatic nitrogens is 1. The van der Waals surface area contributed by atoms with Crippen LogP contribution in [0.1, 0.15) is 0 Å². The number of hydrogen-bond donors (Lipinski definition) is 0. The van der Waals surface area contributed by atoms with Gasteiger partial charge in [-0.3, -0.25) is 0 Å². The Labute approximate surface area is 350 Å². The first-order valence-corrected chi connectivity index (χ1v) is 20.6. The smallest absolute Gasteiger partial charge is 0.0619 e. The van der Waals surface area contributed by atoms with Gasteiger partial charge in [0, 0.05) is 39.1 Å². The van der Waals surface area contributed by atoms with Gasteiger partial charge in [0.05, 0.1) is 11.0 Å². The van der Waals surface area contributed by atoms with Crippen LogP contribution in [0, 0.1) is 0 Å². The fourth-order valence-electron chi connectivity index (χ4n) is 9.01. The fraction of sp³-hybridized carbons (Fsp3) is 0. The Morgan fingerprint density at radius 3 is 1.55 bits per heavy atom. The Morgan fingerprint density at radius 2 is 0.800 bits per heavy atom. The van der Waals surface area contributed by atoms with E-state index in [-0.39, 0.29) is 0 Å². The lowest BCUT2D eigenvalue weighted by Crippen LogP contribution is -2.10. The SMILES string of the molecule is c1ccc(-c2ccc(N(c3ccc(-c4cccc5ccccc45)cc3)c3cccc(-c4cccc5c4c4cccc(-c6ccccc6)c4n5-c4ccccc4)c3)cc2)cc1. The van der Waals surface area contributed by atoms with Crippen LogP contribution in [0.25, 0.3) is 82.8 Å². The van der Waals surface area contributed by atoms with Crippen molar-refractivity contribution < 1.29 is 0 Å². The highest BCUT2D eigenvalue weighted by atomic mass is 15.1. The molecule has 0 bridgehead atoms. The Bertz CT molecular complexity index is 3270. The molecule has 2 heteroatoms. The van der Waals surface area contributed by atoms with Crippen LogP contribution >= 0.6 is 0 Å². The first kappa shape index (κ1) is 35.2. The van der Waals surface area contributed by atoms with E-state index >= 15 is 0 Å². The highest BCUT2D eigenvalue weighted by Gasteiger charge is 2.21. The summed E-state index contributed by atoms with van der Waals surface area (Å²) in [7, 11) is 0. The van der Waals surface area contributed by atoms with Gasteiger partial charge in [0.2, 0.25) is 0 Å². The topological polar surface area (TPSA) is 8.17 Å². The molecule has 0 fully saturated rings. The lowest BCUT2D eigenvalue weighted by Gasteiger charge is -2.26. The average Bonchev–Trinajstić information content (AvgIpc) is 3.68. The zero-order valence-electron chi connectivity index (χ0n) is 33.0. The second-order valence-corrected chi connectivity index (χ2v) is 15.3. The molecule has 0 aliphatic heterocycles. The third kappa shape index (κ3) is 6.23. The van der Waals surface area contributed by atoms with Gasteiger partial charge in [-0.25, -0.2) is 0 Å². The molecule has 0 unspecified atom stereocenters. The molecule has 10 aromatic carbocycles. The molecule has 1 heterocycles. The summed E-state index contributed by atoms with van der Waals surface area (Å²) in [5, 5.41) is 4.97. The van der Waals surface area contributed by atoms with E-state index in [1.807, 2.05) is 0 Å². The van der Waals surface area contributed by atoms with Crippen LogP contribution in [-0.2, 0) is 0 Å². The fourth-order valence-corrected chi connectivity index (χ4v) is 9.01. The molecule has 0 saturated heterocycles. The molecule has 0 amide bonds. The van der Waals surface area contributed by atoms with Gasteiger partial charge < -0.3 is 9.47 Å². The molecule has 0 N–H and O–H groups in total. The largest absolute Gasteiger partial charge is 0.310 e. The Kier molecular flexibility index (Phi) is 8.87. The van der Waals surface area contributed by atoms with Gasteiger partial charge in [0.25, 0.3) is 0 Å². The number of para-hydroxylation sites is 2. The quantitative estimate of drug-likeness (QED) is 0.150. The van der Waals surface area contributed by atoms with E-state index in [4.69, 9.17) is 0 Å². The van der Waals surface area contributed by atoms with E-state index in [1.165, 1.54) is 71.5 Å². The zero-order valence-corrected chi connectivity index (χ0v) is 33.0. The number of anilines is 3. The maximum absolute atomic E-state index is 2.44. The molecular formula is C58H40N2. The van der Waals surface area contributed by atoms with Crippen LogP contribution in [0.4, 0.5) is 17.1 Å². The van der Waals surface area contributed by atoms with Crippen LogP contribution < -0.4 is 4.90 Å². The van der Waals surface area contributed by atoms with Crippen LogP contribution in [-0.4, -0.2) is 4.57 Å². The molecule has 11 aromatic rings. The first-order chi connectivity index (χ1) is 29.8. The monoisotopic (exact) mass is 764 g/mol. The summed E-state index contributed by atoms with van der Waals surface area (Å²) in [5.41, 5.74) is 16.4. The normalized spacial score (nSPS) is 11.3.